The van der Waals surface area contributed by atoms with Gasteiger partial charge in [-0.25, -0.2) is 9.97 Å². The Morgan fingerprint density at radius 2 is 1.42 bits per heavy atom. The molecule has 0 aliphatic rings. The van der Waals surface area contributed by atoms with Gasteiger partial charge in [-0.15, -0.1) is 0 Å². The number of fused-ring (bicyclic) bond motifs is 1. The molecule has 6 heteroatoms. The zero-order chi connectivity index (χ0) is 21.0. The molecule has 31 heavy (non-hydrogen) atoms. The van der Waals surface area contributed by atoms with E-state index in [-0.39, 0.29) is 0 Å². The fourth-order valence-corrected chi connectivity index (χ4v) is 3.68. The largest absolute Gasteiger partial charge is 0.386 e. The van der Waals surface area contributed by atoms with E-state index in [1.807, 2.05) is 95.6 Å². The molecule has 2 atom stereocenters. The third kappa shape index (κ3) is 3.89. The maximum Gasteiger partial charge on any atom is 0.225 e. The van der Waals surface area contributed by atoms with Gasteiger partial charge in [0.05, 0.1) is 17.1 Å². The number of para-hydroxylation sites is 2. The molecule has 0 spiro atoms. The van der Waals surface area contributed by atoms with Gasteiger partial charge in [-0.1, -0.05) is 72.8 Å². The Morgan fingerprint density at radius 3 is 2.19 bits per heavy atom. The fourth-order valence-electron chi connectivity index (χ4n) is 3.68. The van der Waals surface area contributed by atoms with E-state index in [9.17, 15) is 5.11 Å². The lowest BCUT2D eigenvalue weighted by atomic mass is 9.96. The number of hydrogen-bond donors (Lipinski definition) is 2. The van der Waals surface area contributed by atoms with E-state index in [1.165, 1.54) is 0 Å². The molecule has 3 aromatic carbocycles. The second-order valence-electron chi connectivity index (χ2n) is 7.23. The molecular weight excluding hydrogens is 386 g/mol. The molecule has 6 nitrogen and oxygen atoms in total. The average molecular weight is 407 g/mol. The van der Waals surface area contributed by atoms with Gasteiger partial charge in [0.25, 0.3) is 0 Å². The predicted octanol–water partition coefficient (Wildman–Crippen LogP) is 4.70. The van der Waals surface area contributed by atoms with E-state index in [0.29, 0.717) is 11.8 Å². The lowest BCUT2D eigenvalue weighted by molar-refractivity contribution is 0.154. The number of anilines is 1. The summed E-state index contributed by atoms with van der Waals surface area (Å²) >= 11 is 0. The van der Waals surface area contributed by atoms with Crippen LogP contribution in [0.2, 0.25) is 0 Å². The summed E-state index contributed by atoms with van der Waals surface area (Å²) in [7, 11) is 0. The molecule has 0 aliphatic carbocycles. The highest BCUT2D eigenvalue weighted by Gasteiger charge is 2.23. The molecule has 152 valence electrons. The number of rotatable bonds is 6. The van der Waals surface area contributed by atoms with Crippen LogP contribution in [0.25, 0.3) is 16.9 Å². The monoisotopic (exact) mass is 407 g/mol. The first-order valence-electron chi connectivity index (χ1n) is 10.1. The first kappa shape index (κ1) is 19.0. The Morgan fingerprint density at radius 1 is 0.742 bits per heavy atom. The van der Waals surface area contributed by atoms with E-state index in [4.69, 9.17) is 4.98 Å². The van der Waals surface area contributed by atoms with E-state index in [2.05, 4.69) is 15.3 Å². The smallest absolute Gasteiger partial charge is 0.225 e. The summed E-state index contributed by atoms with van der Waals surface area (Å²) in [5.41, 5.74) is 3.63. The second-order valence-corrected chi connectivity index (χ2v) is 7.23. The van der Waals surface area contributed by atoms with Crippen LogP contribution in [0.5, 0.6) is 0 Å². The van der Waals surface area contributed by atoms with Crippen molar-refractivity contribution in [2.24, 2.45) is 0 Å². The van der Waals surface area contributed by atoms with E-state index < -0.39 is 12.1 Å². The van der Waals surface area contributed by atoms with Gasteiger partial charge in [0.1, 0.15) is 18.2 Å². The molecule has 0 radical (unpaired) electrons. The van der Waals surface area contributed by atoms with Crippen LogP contribution in [0, 0.1) is 0 Å². The van der Waals surface area contributed by atoms with Crippen LogP contribution >= 0.6 is 0 Å². The number of aliphatic hydroxyl groups excluding tert-OH is 1. The first-order valence-corrected chi connectivity index (χ1v) is 10.1. The normalized spacial score (nSPS) is 13.1. The Hall–Kier alpha value is -4.03. The highest BCUT2D eigenvalue weighted by atomic mass is 16.3. The SMILES string of the molecule is O[C@@H](c1ccccc1)[C@H](Nc1nccc(-n2cnc3ccccc32)n1)c1ccccc1. The van der Waals surface area contributed by atoms with Crippen LogP contribution in [0.1, 0.15) is 23.3 Å². The number of benzene rings is 3. The third-order valence-corrected chi connectivity index (χ3v) is 5.24. The number of nitrogens with one attached hydrogen (secondary N) is 1. The first-order chi connectivity index (χ1) is 15.3. The zero-order valence-electron chi connectivity index (χ0n) is 16.7. The number of aliphatic hydroxyl groups is 1. The molecular formula is C25H21N5O. The van der Waals surface area contributed by atoms with Gasteiger partial charge in [-0.3, -0.25) is 4.57 Å². The van der Waals surface area contributed by atoms with Gasteiger partial charge < -0.3 is 10.4 Å². The average Bonchev–Trinajstić information content (AvgIpc) is 3.28. The summed E-state index contributed by atoms with van der Waals surface area (Å²) in [5.74, 6) is 1.13. The van der Waals surface area contributed by atoms with Gasteiger partial charge in [0.15, 0.2) is 0 Å². The van der Waals surface area contributed by atoms with E-state index in [0.717, 1.165) is 22.2 Å². The van der Waals surface area contributed by atoms with Gasteiger partial charge in [-0.2, -0.15) is 4.98 Å². The zero-order valence-corrected chi connectivity index (χ0v) is 16.7. The van der Waals surface area contributed by atoms with Crippen molar-refractivity contribution >= 4 is 17.0 Å². The standard InChI is InChI=1S/C25H21N5O/c31-24(19-11-5-2-6-12-19)23(18-9-3-1-4-10-18)29-25-26-16-15-22(28-25)30-17-27-20-13-7-8-14-21(20)30/h1-17,23-24,31H,(H,26,28,29)/t23-,24+/m1/s1. The Kier molecular flexibility index (Phi) is 5.12. The van der Waals surface area contributed by atoms with Crippen LogP contribution < -0.4 is 5.32 Å². The van der Waals surface area contributed by atoms with Crippen molar-refractivity contribution in [3.8, 4) is 5.82 Å². The van der Waals surface area contributed by atoms with Gasteiger partial charge >= 0.3 is 0 Å². The summed E-state index contributed by atoms with van der Waals surface area (Å²) in [4.78, 5) is 13.5. The minimum Gasteiger partial charge on any atom is -0.386 e. The molecule has 0 amide bonds. The summed E-state index contributed by atoms with van der Waals surface area (Å²) in [5, 5.41) is 14.5. The van der Waals surface area contributed by atoms with Gasteiger partial charge in [-0.05, 0) is 29.3 Å². The van der Waals surface area contributed by atoms with Crippen molar-refractivity contribution in [3.63, 3.8) is 0 Å². The molecule has 5 rings (SSSR count). The summed E-state index contributed by atoms with van der Waals surface area (Å²) < 4.78 is 1.92. The number of hydrogen-bond acceptors (Lipinski definition) is 5. The minimum absolute atomic E-state index is 0.418. The molecule has 5 aromatic rings. The number of nitrogens with zero attached hydrogens (tertiary/aromatic N) is 4. The van der Waals surface area contributed by atoms with Crippen LogP contribution in [0.3, 0.4) is 0 Å². The second kappa shape index (κ2) is 8.38. The summed E-state index contributed by atoms with van der Waals surface area (Å²) in [6.45, 7) is 0. The van der Waals surface area contributed by atoms with Crippen molar-refractivity contribution in [2.45, 2.75) is 12.1 Å². The van der Waals surface area contributed by atoms with Crippen molar-refractivity contribution < 1.29 is 5.11 Å². The van der Waals surface area contributed by atoms with Gasteiger partial charge in [0, 0.05) is 6.20 Å². The van der Waals surface area contributed by atoms with Crippen LogP contribution in [-0.2, 0) is 0 Å². The highest BCUT2D eigenvalue weighted by molar-refractivity contribution is 5.76. The maximum absolute atomic E-state index is 11.2. The molecule has 0 saturated carbocycles. The molecule has 2 N–H and O–H groups in total. The van der Waals surface area contributed by atoms with Crippen LogP contribution in [-0.4, -0.2) is 24.6 Å². The fraction of sp³-hybridized carbons (Fsp3) is 0.0800. The third-order valence-electron chi connectivity index (χ3n) is 5.24. The molecule has 0 fully saturated rings. The summed E-state index contributed by atoms with van der Waals surface area (Å²) in [6, 6.07) is 28.8. The number of aromatic nitrogens is 4. The van der Waals surface area contributed by atoms with Gasteiger partial charge in [0.2, 0.25) is 5.95 Å². The molecule has 2 heterocycles. The molecule has 0 unspecified atom stereocenters. The molecule has 2 aromatic heterocycles. The van der Waals surface area contributed by atoms with E-state index >= 15 is 0 Å². The van der Waals surface area contributed by atoms with Crippen LogP contribution in [0.4, 0.5) is 5.95 Å². The van der Waals surface area contributed by atoms with E-state index in [1.54, 1.807) is 12.5 Å². The predicted molar refractivity (Wildman–Crippen MR) is 121 cm³/mol. The van der Waals surface area contributed by atoms with Crippen molar-refractivity contribution in [1.82, 2.24) is 19.5 Å². The quantitative estimate of drug-likeness (QED) is 0.427. The van der Waals surface area contributed by atoms with Crippen LogP contribution in [0.15, 0.2) is 104 Å². The van der Waals surface area contributed by atoms with Crippen molar-refractivity contribution in [2.75, 3.05) is 5.32 Å². The lowest BCUT2D eigenvalue weighted by Gasteiger charge is -2.25. The lowest BCUT2D eigenvalue weighted by Crippen LogP contribution is -2.21. The molecule has 0 bridgehead atoms. The maximum atomic E-state index is 11.2. The van der Waals surface area contributed by atoms with Crippen molar-refractivity contribution in [3.05, 3.63) is 115 Å². The number of imidazole rings is 1. The Bertz CT molecular complexity index is 1290. The Labute approximate surface area is 179 Å². The van der Waals surface area contributed by atoms with Crippen molar-refractivity contribution in [1.29, 1.82) is 0 Å². The molecule has 0 saturated heterocycles. The Balaban J connectivity index is 1.50. The molecule has 0 aliphatic heterocycles. The minimum atomic E-state index is -0.773. The topological polar surface area (TPSA) is 75.9 Å². The highest BCUT2D eigenvalue weighted by Crippen LogP contribution is 2.31. The summed E-state index contributed by atoms with van der Waals surface area (Å²) in [6.07, 6.45) is 2.69.